The van der Waals surface area contributed by atoms with E-state index in [2.05, 4.69) is 0 Å². The summed E-state index contributed by atoms with van der Waals surface area (Å²) in [7, 11) is 0. The van der Waals surface area contributed by atoms with Crippen LogP contribution in [0.1, 0.15) is 71.4 Å². The Morgan fingerprint density at radius 3 is 1.37 bits per heavy atom. The molecule has 0 spiro atoms. The fourth-order valence-corrected chi connectivity index (χ4v) is 3.05. The van der Waals surface area contributed by atoms with Gasteiger partial charge in [-0.05, 0) is 61.1 Å². The van der Waals surface area contributed by atoms with Crippen molar-refractivity contribution in [3.05, 3.63) is 82.3 Å². The molecule has 2 aromatic carbocycles. The third-order valence-electron chi connectivity index (χ3n) is 5.00. The molecule has 0 radical (unpaired) electrons. The van der Waals surface area contributed by atoms with Crippen molar-refractivity contribution in [3.63, 3.8) is 0 Å². The van der Waals surface area contributed by atoms with Gasteiger partial charge in [0.25, 0.3) is 0 Å². The van der Waals surface area contributed by atoms with E-state index in [1.54, 1.807) is 24.3 Å². The molecule has 1 aliphatic rings. The van der Waals surface area contributed by atoms with Gasteiger partial charge in [-0.25, -0.2) is 19.4 Å². The van der Waals surface area contributed by atoms with Crippen molar-refractivity contribution in [1.82, 2.24) is 0 Å². The van der Waals surface area contributed by atoms with Crippen LogP contribution in [-0.2, 0) is 32.4 Å². The van der Waals surface area contributed by atoms with Gasteiger partial charge in [0.05, 0.1) is 11.1 Å². The van der Waals surface area contributed by atoms with E-state index in [0.717, 1.165) is 36.8 Å². The molecule has 3 rings (SSSR count). The van der Waals surface area contributed by atoms with Crippen LogP contribution in [0.15, 0.2) is 60.0 Å². The highest BCUT2D eigenvalue weighted by atomic mass is 17.2. The van der Waals surface area contributed by atoms with E-state index in [4.69, 9.17) is 19.6 Å². The number of rotatable bonds is 8. The fraction of sp³-hybridized carbons (Fsp3) is 0.333. The highest BCUT2D eigenvalue weighted by Gasteiger charge is 2.22. The lowest BCUT2D eigenvalue weighted by Gasteiger charge is -2.17. The second kappa shape index (κ2) is 10.5. The highest BCUT2D eigenvalue weighted by Crippen LogP contribution is 2.27. The van der Waals surface area contributed by atoms with Gasteiger partial charge in [-0.15, -0.1) is 0 Å². The van der Waals surface area contributed by atoms with E-state index in [9.17, 15) is 9.59 Å². The van der Waals surface area contributed by atoms with Crippen molar-refractivity contribution < 1.29 is 29.1 Å². The van der Waals surface area contributed by atoms with Gasteiger partial charge >= 0.3 is 11.9 Å². The van der Waals surface area contributed by atoms with Crippen LogP contribution in [0.3, 0.4) is 0 Å². The first-order valence-corrected chi connectivity index (χ1v) is 10.3. The standard InChI is InChI=1S/C24H26O6/c1-3-17-9-13-19(14-10-17)23(25)29-27-21-7-5-6-8-22(21)28-30-24(26)20-15-11-18(4-2)12-16-20/h9-16H,3-8H2,1-2H3. The molecule has 0 bridgehead atoms. The third-order valence-corrected chi connectivity index (χ3v) is 5.00. The van der Waals surface area contributed by atoms with Crippen molar-refractivity contribution in [2.45, 2.75) is 52.4 Å². The molecule has 0 aliphatic heterocycles. The molecule has 6 nitrogen and oxygen atoms in total. The van der Waals surface area contributed by atoms with Gasteiger partial charge in [-0.3, -0.25) is 9.78 Å². The van der Waals surface area contributed by atoms with Gasteiger partial charge in [0.1, 0.15) is 0 Å². The lowest BCUT2D eigenvalue weighted by molar-refractivity contribution is -0.239. The Labute approximate surface area is 176 Å². The normalized spacial score (nSPS) is 13.5. The lowest BCUT2D eigenvalue weighted by Crippen LogP contribution is -2.13. The quantitative estimate of drug-likeness (QED) is 0.424. The maximum absolute atomic E-state index is 12.2. The van der Waals surface area contributed by atoms with E-state index in [1.807, 2.05) is 38.1 Å². The summed E-state index contributed by atoms with van der Waals surface area (Å²) in [4.78, 5) is 44.8. The molecule has 0 atom stereocenters. The summed E-state index contributed by atoms with van der Waals surface area (Å²) in [5.74, 6) is -0.478. The van der Waals surface area contributed by atoms with Crippen LogP contribution in [0.2, 0.25) is 0 Å². The molecule has 6 heteroatoms. The summed E-state index contributed by atoms with van der Waals surface area (Å²) in [6.07, 6.45) is 4.55. The summed E-state index contributed by atoms with van der Waals surface area (Å²) < 4.78 is 0. The Kier molecular flexibility index (Phi) is 7.49. The number of aryl methyl sites for hydroxylation is 2. The summed E-state index contributed by atoms with van der Waals surface area (Å²) >= 11 is 0. The number of carbonyl (C=O) groups excluding carboxylic acids is 2. The second-order valence-corrected chi connectivity index (χ2v) is 7.06. The van der Waals surface area contributed by atoms with Gasteiger partial charge < -0.3 is 0 Å². The number of carbonyl (C=O) groups is 2. The van der Waals surface area contributed by atoms with E-state index in [-0.39, 0.29) is 0 Å². The smallest absolute Gasteiger partial charge is 0.287 e. The molecular formula is C24H26O6. The van der Waals surface area contributed by atoms with Crippen LogP contribution in [0.25, 0.3) is 0 Å². The first-order chi connectivity index (χ1) is 14.6. The predicted octanol–water partition coefficient (Wildman–Crippen LogP) is 5.47. The van der Waals surface area contributed by atoms with E-state index in [0.29, 0.717) is 35.5 Å². The van der Waals surface area contributed by atoms with Gasteiger partial charge in [-0.2, -0.15) is 0 Å². The van der Waals surface area contributed by atoms with Crippen LogP contribution in [-0.4, -0.2) is 11.9 Å². The minimum Gasteiger partial charge on any atom is -0.287 e. The lowest BCUT2D eigenvalue weighted by atomic mass is 10.0. The number of allylic oxidation sites excluding steroid dienone is 2. The third kappa shape index (κ3) is 5.63. The maximum atomic E-state index is 12.2. The van der Waals surface area contributed by atoms with Crippen molar-refractivity contribution in [2.75, 3.05) is 0 Å². The van der Waals surface area contributed by atoms with E-state index < -0.39 is 11.9 Å². The number of hydrogen-bond acceptors (Lipinski definition) is 6. The fourth-order valence-electron chi connectivity index (χ4n) is 3.05. The van der Waals surface area contributed by atoms with Gasteiger partial charge in [-0.1, -0.05) is 38.1 Å². The summed E-state index contributed by atoms with van der Waals surface area (Å²) in [5, 5.41) is 0. The molecule has 1 aliphatic carbocycles. The number of hydrogen-bond donors (Lipinski definition) is 0. The zero-order valence-corrected chi connectivity index (χ0v) is 17.3. The average Bonchev–Trinajstić information content (AvgIpc) is 2.81. The van der Waals surface area contributed by atoms with Crippen LogP contribution in [0, 0.1) is 0 Å². The Morgan fingerprint density at radius 1 is 0.667 bits per heavy atom. The van der Waals surface area contributed by atoms with Crippen LogP contribution in [0.5, 0.6) is 0 Å². The Morgan fingerprint density at radius 2 is 1.03 bits per heavy atom. The molecule has 0 N–H and O–H groups in total. The first kappa shape index (κ1) is 21.4. The summed E-state index contributed by atoms with van der Waals surface area (Å²) in [6.45, 7) is 4.08. The molecule has 158 valence electrons. The average molecular weight is 410 g/mol. The van der Waals surface area contributed by atoms with Crippen LogP contribution < -0.4 is 0 Å². The number of benzene rings is 2. The second-order valence-electron chi connectivity index (χ2n) is 7.06. The molecule has 0 saturated carbocycles. The van der Waals surface area contributed by atoms with Gasteiger partial charge in [0.2, 0.25) is 0 Å². The SMILES string of the molecule is CCc1ccc(C(=O)OOC2=C(OOC(=O)c3ccc(CC)cc3)CCCC2)cc1. The molecular weight excluding hydrogens is 384 g/mol. The Hall–Kier alpha value is -3.28. The Balaban J connectivity index is 1.58. The molecule has 0 amide bonds. The van der Waals surface area contributed by atoms with Crippen molar-refractivity contribution in [3.8, 4) is 0 Å². The van der Waals surface area contributed by atoms with Crippen molar-refractivity contribution in [1.29, 1.82) is 0 Å². The molecule has 0 saturated heterocycles. The van der Waals surface area contributed by atoms with Crippen molar-refractivity contribution in [2.24, 2.45) is 0 Å². The molecule has 0 unspecified atom stereocenters. The van der Waals surface area contributed by atoms with Crippen LogP contribution >= 0.6 is 0 Å². The van der Waals surface area contributed by atoms with Gasteiger partial charge in [0.15, 0.2) is 11.5 Å². The highest BCUT2D eigenvalue weighted by molar-refractivity contribution is 5.89. The minimum atomic E-state index is -0.594. The molecule has 0 fully saturated rings. The zero-order valence-electron chi connectivity index (χ0n) is 17.3. The molecule has 30 heavy (non-hydrogen) atoms. The topological polar surface area (TPSA) is 71.1 Å². The largest absolute Gasteiger partial charge is 0.386 e. The van der Waals surface area contributed by atoms with Crippen LogP contribution in [0.4, 0.5) is 0 Å². The van der Waals surface area contributed by atoms with E-state index in [1.165, 1.54) is 0 Å². The van der Waals surface area contributed by atoms with E-state index >= 15 is 0 Å². The molecule has 0 heterocycles. The molecule has 2 aromatic rings. The van der Waals surface area contributed by atoms with Gasteiger partial charge in [0, 0.05) is 12.8 Å². The minimum absolute atomic E-state index is 0.355. The van der Waals surface area contributed by atoms with Crippen molar-refractivity contribution >= 4 is 11.9 Å². The first-order valence-electron chi connectivity index (χ1n) is 10.3. The molecule has 0 aromatic heterocycles. The monoisotopic (exact) mass is 410 g/mol. The summed E-state index contributed by atoms with van der Waals surface area (Å²) in [5.41, 5.74) is 3.05. The Bertz CT molecular complexity index is 821. The predicted molar refractivity (Wildman–Crippen MR) is 110 cm³/mol. The maximum Gasteiger partial charge on any atom is 0.386 e. The summed E-state index contributed by atoms with van der Waals surface area (Å²) in [6, 6.07) is 14.3. The zero-order chi connectivity index (χ0) is 21.3.